The summed E-state index contributed by atoms with van der Waals surface area (Å²) in [6, 6.07) is 24.3. The minimum atomic E-state index is -1.91. The van der Waals surface area contributed by atoms with Crippen LogP contribution in [0.4, 0.5) is 15.2 Å². The van der Waals surface area contributed by atoms with Gasteiger partial charge in [-0.25, -0.2) is 9.37 Å². The largest absolute Gasteiger partial charge is 0.450 e. The molecule has 6 aromatic rings. The Labute approximate surface area is 248 Å². The van der Waals surface area contributed by atoms with Gasteiger partial charge in [0.05, 0.1) is 33.4 Å². The fourth-order valence-electron chi connectivity index (χ4n) is 6.28. The average Bonchev–Trinajstić information content (AvgIpc) is 3.60. The van der Waals surface area contributed by atoms with Gasteiger partial charge >= 0.3 is 0 Å². The lowest BCUT2D eigenvalue weighted by molar-refractivity contribution is -0.121. The van der Waals surface area contributed by atoms with E-state index >= 15 is 4.79 Å². The van der Waals surface area contributed by atoms with E-state index in [4.69, 9.17) is 9.40 Å². The van der Waals surface area contributed by atoms with E-state index < -0.39 is 28.6 Å². The van der Waals surface area contributed by atoms with E-state index in [0.717, 1.165) is 27.5 Å². The topological polar surface area (TPSA) is 83.7 Å². The Morgan fingerprint density at radius 1 is 0.907 bits per heavy atom. The molecule has 4 heterocycles. The van der Waals surface area contributed by atoms with Gasteiger partial charge in [-0.1, -0.05) is 65.4 Å². The van der Waals surface area contributed by atoms with Crippen molar-refractivity contribution in [3.05, 3.63) is 135 Å². The van der Waals surface area contributed by atoms with Gasteiger partial charge in [0.2, 0.25) is 5.76 Å². The third-order valence-corrected chi connectivity index (χ3v) is 9.27. The maximum absolute atomic E-state index is 15.0. The van der Waals surface area contributed by atoms with Gasteiger partial charge in [-0.3, -0.25) is 19.3 Å². The lowest BCUT2D eigenvalue weighted by Crippen LogP contribution is -2.53. The number of carbonyl (C=O) groups is 2. The van der Waals surface area contributed by atoms with Crippen LogP contribution in [0.15, 0.2) is 94.1 Å². The Hall–Kier alpha value is -5.15. The number of nitrogens with zero attached hydrogens (tertiary/aromatic N) is 3. The van der Waals surface area contributed by atoms with Crippen molar-refractivity contribution < 1.29 is 18.4 Å². The Morgan fingerprint density at radius 2 is 1.67 bits per heavy atom. The normalized spacial score (nSPS) is 17.5. The molecule has 0 fully saturated rings. The van der Waals surface area contributed by atoms with Crippen LogP contribution in [-0.4, -0.2) is 16.8 Å². The van der Waals surface area contributed by atoms with Crippen molar-refractivity contribution >= 4 is 55.2 Å². The summed E-state index contributed by atoms with van der Waals surface area (Å²) in [6.45, 7) is 4.16. The molecular formula is C34H22FN3O4S. The SMILES string of the molecule is Cc1ccc(CN2C(=O)C3(c4ccccc42)c2c(oc4ccc(F)cc4c2=O)C(=O)N3c2nc3ccc(C)cc3s2)cc1. The maximum Gasteiger partial charge on any atom is 0.297 e. The molecule has 1 unspecified atom stereocenters. The highest BCUT2D eigenvalue weighted by atomic mass is 32.1. The summed E-state index contributed by atoms with van der Waals surface area (Å²) >= 11 is 1.26. The van der Waals surface area contributed by atoms with Crippen LogP contribution >= 0.6 is 11.3 Å². The number of aryl methyl sites for hydroxylation is 2. The van der Waals surface area contributed by atoms with Gasteiger partial charge in [-0.2, -0.15) is 0 Å². The number of halogens is 1. The number of thiazole rings is 1. The summed E-state index contributed by atoms with van der Waals surface area (Å²) in [5.74, 6) is -2.02. The Morgan fingerprint density at radius 3 is 2.49 bits per heavy atom. The van der Waals surface area contributed by atoms with Gasteiger partial charge in [0.25, 0.3) is 11.8 Å². The van der Waals surface area contributed by atoms with Gasteiger partial charge < -0.3 is 9.32 Å². The van der Waals surface area contributed by atoms with E-state index in [1.165, 1.54) is 28.4 Å². The fraction of sp³-hybridized carbons (Fsp3) is 0.118. The predicted molar refractivity (Wildman–Crippen MR) is 163 cm³/mol. The van der Waals surface area contributed by atoms with Crippen LogP contribution < -0.4 is 15.2 Å². The van der Waals surface area contributed by atoms with Gasteiger partial charge in [-0.05, 0) is 61.4 Å². The third-order valence-electron chi connectivity index (χ3n) is 8.27. The van der Waals surface area contributed by atoms with E-state index in [2.05, 4.69) is 0 Å². The Bertz CT molecular complexity index is 2240. The van der Waals surface area contributed by atoms with Gasteiger partial charge in [0.1, 0.15) is 11.4 Å². The lowest BCUT2D eigenvalue weighted by Gasteiger charge is -2.32. The van der Waals surface area contributed by atoms with E-state index in [1.54, 1.807) is 23.1 Å². The second kappa shape index (κ2) is 8.92. The zero-order chi connectivity index (χ0) is 29.6. The van der Waals surface area contributed by atoms with Crippen molar-refractivity contribution in [1.29, 1.82) is 0 Å². The molecule has 0 N–H and O–H groups in total. The molecule has 2 aromatic heterocycles. The monoisotopic (exact) mass is 587 g/mol. The molecule has 2 aliphatic heterocycles. The van der Waals surface area contributed by atoms with Crippen molar-refractivity contribution in [2.24, 2.45) is 0 Å². The highest BCUT2D eigenvalue weighted by Crippen LogP contribution is 2.55. The molecule has 0 saturated heterocycles. The maximum atomic E-state index is 15.0. The number of para-hydroxylation sites is 1. The standard InChI is InChI=1S/C34H22FN3O4S/c1-18-7-10-20(11-8-18)17-37-25-6-4-3-5-23(25)34(32(37)41)28-29(39)22-16-21(35)12-14-26(22)42-30(28)31(40)38(34)33-36-24-13-9-19(2)15-27(24)43-33/h3-16H,17H2,1-2H3. The summed E-state index contributed by atoms with van der Waals surface area (Å²) in [6.07, 6.45) is 0. The molecule has 1 spiro atoms. The van der Waals surface area contributed by atoms with Gasteiger partial charge in [0.15, 0.2) is 16.1 Å². The van der Waals surface area contributed by atoms with Crippen molar-refractivity contribution in [1.82, 2.24) is 4.98 Å². The molecule has 0 radical (unpaired) electrons. The summed E-state index contributed by atoms with van der Waals surface area (Å²) in [7, 11) is 0. The quantitative estimate of drug-likeness (QED) is 0.233. The van der Waals surface area contributed by atoms with Crippen LogP contribution in [0.3, 0.4) is 0 Å². The minimum absolute atomic E-state index is 0.0463. The zero-order valence-corrected chi connectivity index (χ0v) is 23.9. The van der Waals surface area contributed by atoms with Crippen LogP contribution in [0.1, 0.15) is 38.4 Å². The molecule has 1 atom stereocenters. The Balaban J connectivity index is 1.45. The number of anilines is 2. The number of hydrogen-bond acceptors (Lipinski definition) is 6. The third kappa shape index (κ3) is 3.45. The minimum Gasteiger partial charge on any atom is -0.450 e. The zero-order valence-electron chi connectivity index (χ0n) is 23.1. The molecule has 2 aliphatic rings. The highest BCUT2D eigenvalue weighted by molar-refractivity contribution is 7.22. The molecule has 43 heavy (non-hydrogen) atoms. The number of benzene rings is 4. The van der Waals surface area contributed by atoms with Gasteiger partial charge in [-0.15, -0.1) is 0 Å². The first-order chi connectivity index (χ1) is 20.8. The van der Waals surface area contributed by atoms with Crippen molar-refractivity contribution in [2.75, 3.05) is 9.80 Å². The van der Waals surface area contributed by atoms with Crippen LogP contribution in [-0.2, 0) is 16.9 Å². The molecule has 2 amide bonds. The average molecular weight is 588 g/mol. The van der Waals surface area contributed by atoms with Crippen LogP contribution in [0, 0.1) is 19.7 Å². The number of fused-ring (bicyclic) bond motifs is 6. The smallest absolute Gasteiger partial charge is 0.297 e. The van der Waals surface area contributed by atoms with E-state index in [0.29, 0.717) is 16.8 Å². The molecule has 4 aromatic carbocycles. The second-order valence-electron chi connectivity index (χ2n) is 11.0. The van der Waals surface area contributed by atoms with Crippen LogP contribution in [0.2, 0.25) is 0 Å². The number of carbonyl (C=O) groups excluding carboxylic acids is 2. The fourth-order valence-corrected chi connectivity index (χ4v) is 7.40. The number of amides is 2. The Kier molecular flexibility index (Phi) is 5.30. The van der Waals surface area contributed by atoms with Crippen molar-refractivity contribution in [3.8, 4) is 0 Å². The second-order valence-corrected chi connectivity index (χ2v) is 12.0. The summed E-state index contributed by atoms with van der Waals surface area (Å²) in [4.78, 5) is 51.5. The summed E-state index contributed by atoms with van der Waals surface area (Å²) in [5.41, 5.74) is 2.05. The number of aromatic nitrogens is 1. The molecule has 0 aliphatic carbocycles. The molecule has 8 rings (SSSR count). The molecule has 0 saturated carbocycles. The highest BCUT2D eigenvalue weighted by Gasteiger charge is 2.66. The predicted octanol–water partition coefficient (Wildman–Crippen LogP) is 6.61. The first kappa shape index (κ1) is 25.6. The van der Waals surface area contributed by atoms with E-state index in [-0.39, 0.29) is 34.0 Å². The molecule has 7 nitrogen and oxygen atoms in total. The first-order valence-corrected chi connectivity index (χ1v) is 14.5. The molecule has 9 heteroatoms. The molecular weight excluding hydrogens is 565 g/mol. The van der Waals surface area contributed by atoms with Crippen LogP contribution in [0.25, 0.3) is 21.2 Å². The molecule has 0 bridgehead atoms. The number of hydrogen-bond donors (Lipinski definition) is 0. The molecule has 210 valence electrons. The van der Waals surface area contributed by atoms with Crippen molar-refractivity contribution in [2.45, 2.75) is 25.9 Å². The first-order valence-electron chi connectivity index (χ1n) is 13.7. The van der Waals surface area contributed by atoms with Crippen LogP contribution in [0.5, 0.6) is 0 Å². The summed E-state index contributed by atoms with van der Waals surface area (Å²) < 4.78 is 21.3. The number of rotatable bonds is 3. The van der Waals surface area contributed by atoms with Gasteiger partial charge in [0, 0.05) is 5.56 Å². The summed E-state index contributed by atoms with van der Waals surface area (Å²) in [5, 5.41) is 0.210. The van der Waals surface area contributed by atoms with E-state index in [1.807, 2.05) is 62.4 Å². The lowest BCUT2D eigenvalue weighted by atomic mass is 9.84. The van der Waals surface area contributed by atoms with Crippen molar-refractivity contribution in [3.63, 3.8) is 0 Å². The van der Waals surface area contributed by atoms with E-state index in [9.17, 15) is 14.0 Å².